The summed E-state index contributed by atoms with van der Waals surface area (Å²) in [5.74, 6) is -2.56. The molecule has 0 amide bonds. The smallest absolute Gasteiger partial charge is 0.403 e. The van der Waals surface area contributed by atoms with Gasteiger partial charge in [-0.05, 0) is 25.7 Å². The number of alkyl halides is 6. The first-order chi connectivity index (χ1) is 8.95. The fourth-order valence-electron chi connectivity index (χ4n) is 2.34. The van der Waals surface area contributed by atoms with Crippen LogP contribution in [0.15, 0.2) is 12.7 Å². The van der Waals surface area contributed by atoms with E-state index in [2.05, 4.69) is 11.3 Å². The second-order valence-electron chi connectivity index (χ2n) is 4.90. The van der Waals surface area contributed by atoms with E-state index in [9.17, 15) is 31.1 Å². The van der Waals surface area contributed by atoms with Gasteiger partial charge in [-0.1, -0.05) is 6.58 Å². The van der Waals surface area contributed by atoms with E-state index in [1.54, 1.807) is 0 Å². The summed E-state index contributed by atoms with van der Waals surface area (Å²) in [6.45, 7) is 4.05. The van der Waals surface area contributed by atoms with Crippen LogP contribution < -0.4 is 0 Å². The van der Waals surface area contributed by atoms with E-state index >= 15 is 0 Å². The third-order valence-corrected chi connectivity index (χ3v) is 3.38. The summed E-state index contributed by atoms with van der Waals surface area (Å²) in [6, 6.07) is 0. The molecule has 8 heteroatoms. The van der Waals surface area contributed by atoms with Crippen molar-refractivity contribution in [1.29, 1.82) is 0 Å². The van der Waals surface area contributed by atoms with Gasteiger partial charge in [-0.2, -0.15) is 26.3 Å². The number of carbonyl (C=O) groups excluding carboxylic acids is 1. The molecule has 1 aliphatic carbocycles. The van der Waals surface area contributed by atoms with Crippen molar-refractivity contribution >= 4 is 5.97 Å². The molecule has 0 aromatic carbocycles. The summed E-state index contributed by atoms with van der Waals surface area (Å²) >= 11 is 0. The average molecular weight is 304 g/mol. The lowest BCUT2D eigenvalue weighted by molar-refractivity contribution is -0.355. The second-order valence-corrected chi connectivity index (χ2v) is 4.90. The molecule has 0 aromatic rings. The molecule has 1 rings (SSSR count). The summed E-state index contributed by atoms with van der Waals surface area (Å²) in [7, 11) is 0. The van der Waals surface area contributed by atoms with Gasteiger partial charge in [0.15, 0.2) is 5.41 Å². The topological polar surface area (TPSA) is 26.3 Å². The fraction of sp³-hybridized carbons (Fsp3) is 0.750. The molecule has 0 spiro atoms. The van der Waals surface area contributed by atoms with Crippen LogP contribution >= 0.6 is 0 Å². The minimum absolute atomic E-state index is 0.138. The zero-order valence-corrected chi connectivity index (χ0v) is 10.6. The molecular formula is C12H14F6O2. The summed E-state index contributed by atoms with van der Waals surface area (Å²) < 4.78 is 82.8. The minimum Gasteiger partial charge on any atom is -0.459 e. The molecule has 0 radical (unpaired) electrons. The van der Waals surface area contributed by atoms with Crippen LogP contribution in [-0.4, -0.2) is 24.4 Å². The normalized spacial score (nSPS) is 18.6. The molecule has 0 saturated heterocycles. The Labute approximate surface area is 111 Å². The molecule has 1 fully saturated rings. The predicted octanol–water partition coefficient (Wildman–Crippen LogP) is 4.02. The van der Waals surface area contributed by atoms with E-state index in [0.29, 0.717) is 6.08 Å². The summed E-state index contributed by atoms with van der Waals surface area (Å²) in [6.07, 6.45) is -13.3. The summed E-state index contributed by atoms with van der Waals surface area (Å²) in [4.78, 5) is 10.9. The molecule has 0 N–H and O–H groups in total. The molecule has 0 heterocycles. The Morgan fingerprint density at radius 1 is 1.25 bits per heavy atom. The molecule has 1 aliphatic rings. The van der Waals surface area contributed by atoms with Gasteiger partial charge in [-0.3, -0.25) is 0 Å². The zero-order valence-electron chi connectivity index (χ0n) is 10.6. The van der Waals surface area contributed by atoms with Gasteiger partial charge in [-0.25, -0.2) is 4.79 Å². The third-order valence-electron chi connectivity index (χ3n) is 3.38. The van der Waals surface area contributed by atoms with Crippen LogP contribution in [0.1, 0.15) is 26.2 Å². The minimum atomic E-state index is -5.44. The fourth-order valence-corrected chi connectivity index (χ4v) is 2.34. The van der Waals surface area contributed by atoms with Crippen molar-refractivity contribution < 1.29 is 35.9 Å². The van der Waals surface area contributed by atoms with E-state index in [1.165, 1.54) is 0 Å². The van der Waals surface area contributed by atoms with Gasteiger partial charge in [0, 0.05) is 12.5 Å². The number of hydrogen-bond acceptors (Lipinski definition) is 2. The van der Waals surface area contributed by atoms with Gasteiger partial charge in [0.05, 0.1) is 0 Å². The molecule has 0 bridgehead atoms. The van der Waals surface area contributed by atoms with Crippen molar-refractivity contribution in [3.05, 3.63) is 12.7 Å². The first-order valence-electron chi connectivity index (χ1n) is 5.92. The van der Waals surface area contributed by atoms with Gasteiger partial charge in [0.2, 0.25) is 0 Å². The Kier molecular flexibility index (Phi) is 4.46. The number of ether oxygens (including phenoxy) is 1. The monoisotopic (exact) mass is 304 g/mol. The highest BCUT2D eigenvalue weighted by molar-refractivity contribution is 5.81. The van der Waals surface area contributed by atoms with Crippen LogP contribution in [0.25, 0.3) is 0 Å². The molecular weight excluding hydrogens is 290 g/mol. The zero-order chi connectivity index (χ0) is 15.8. The standard InChI is InChI=1S/C12H14F6O2/c1-3-9(19)20-7(2)6-10(8-4-5-8,11(13,14)15)12(16,17)18/h3,7-8H,1,4-6H2,2H3. The molecule has 1 saturated carbocycles. The van der Waals surface area contributed by atoms with Gasteiger partial charge in [0.1, 0.15) is 6.10 Å². The lowest BCUT2D eigenvalue weighted by Crippen LogP contribution is -2.53. The largest absolute Gasteiger partial charge is 0.459 e. The van der Waals surface area contributed by atoms with Crippen LogP contribution in [-0.2, 0) is 9.53 Å². The highest BCUT2D eigenvalue weighted by Crippen LogP contribution is 2.64. The van der Waals surface area contributed by atoms with Gasteiger partial charge in [-0.15, -0.1) is 0 Å². The van der Waals surface area contributed by atoms with Crippen molar-refractivity contribution in [3.8, 4) is 0 Å². The van der Waals surface area contributed by atoms with Crippen molar-refractivity contribution in [1.82, 2.24) is 0 Å². The molecule has 2 nitrogen and oxygen atoms in total. The van der Waals surface area contributed by atoms with E-state index in [-0.39, 0.29) is 12.8 Å². The van der Waals surface area contributed by atoms with Gasteiger partial charge < -0.3 is 4.74 Å². The summed E-state index contributed by atoms with van der Waals surface area (Å²) in [5.41, 5.74) is -3.82. The van der Waals surface area contributed by atoms with Crippen LogP contribution in [0.2, 0.25) is 0 Å². The maximum Gasteiger partial charge on any atom is 0.403 e. The average Bonchev–Trinajstić information content (AvgIpc) is 3.05. The van der Waals surface area contributed by atoms with Crippen LogP contribution in [0.4, 0.5) is 26.3 Å². The highest BCUT2D eigenvalue weighted by Gasteiger charge is 2.75. The molecule has 1 unspecified atom stereocenters. The van der Waals surface area contributed by atoms with Crippen LogP contribution in [0, 0.1) is 11.3 Å². The number of hydrogen-bond donors (Lipinski definition) is 0. The SMILES string of the molecule is C=CC(=O)OC(C)CC(C1CC1)(C(F)(F)F)C(F)(F)F. The first kappa shape index (κ1) is 16.8. The Morgan fingerprint density at radius 2 is 1.70 bits per heavy atom. The van der Waals surface area contributed by atoms with Crippen LogP contribution in [0.3, 0.4) is 0 Å². The lowest BCUT2D eigenvalue weighted by Gasteiger charge is -2.39. The Bertz CT molecular complexity index is 366. The van der Waals surface area contributed by atoms with E-state index in [4.69, 9.17) is 0 Å². The van der Waals surface area contributed by atoms with Crippen LogP contribution in [0.5, 0.6) is 0 Å². The maximum atomic E-state index is 13.1. The van der Waals surface area contributed by atoms with Crippen molar-refractivity contribution in [2.75, 3.05) is 0 Å². The number of halogens is 6. The van der Waals surface area contributed by atoms with Crippen molar-refractivity contribution in [2.24, 2.45) is 11.3 Å². The lowest BCUT2D eigenvalue weighted by atomic mass is 9.76. The number of esters is 1. The Morgan fingerprint density at radius 3 is 2.00 bits per heavy atom. The molecule has 1 atom stereocenters. The van der Waals surface area contributed by atoms with E-state index in [1.807, 2.05) is 0 Å². The summed E-state index contributed by atoms with van der Waals surface area (Å²) in [5, 5.41) is 0. The van der Waals surface area contributed by atoms with Crippen molar-refractivity contribution in [2.45, 2.75) is 44.6 Å². The third kappa shape index (κ3) is 3.09. The Hall–Kier alpha value is -1.21. The number of carbonyl (C=O) groups is 1. The quantitative estimate of drug-likeness (QED) is 0.436. The molecule has 0 aliphatic heterocycles. The van der Waals surface area contributed by atoms with Gasteiger partial charge >= 0.3 is 18.3 Å². The molecule has 20 heavy (non-hydrogen) atoms. The Balaban J connectivity index is 3.05. The molecule has 0 aromatic heterocycles. The second kappa shape index (κ2) is 5.29. The first-order valence-corrected chi connectivity index (χ1v) is 5.92. The highest BCUT2D eigenvalue weighted by atomic mass is 19.4. The molecule has 116 valence electrons. The van der Waals surface area contributed by atoms with E-state index in [0.717, 1.165) is 6.92 Å². The van der Waals surface area contributed by atoms with Crippen molar-refractivity contribution in [3.63, 3.8) is 0 Å². The maximum absolute atomic E-state index is 13.1. The van der Waals surface area contributed by atoms with Gasteiger partial charge in [0.25, 0.3) is 0 Å². The number of rotatable bonds is 5. The predicted molar refractivity (Wildman–Crippen MR) is 57.6 cm³/mol. The van der Waals surface area contributed by atoms with E-state index < -0.39 is 42.2 Å².